The number of nitrogens with zero attached hydrogens (tertiary/aromatic N) is 1. The van der Waals surface area contributed by atoms with Gasteiger partial charge in [0.2, 0.25) is 5.91 Å². The van der Waals surface area contributed by atoms with Gasteiger partial charge in [0.25, 0.3) is 0 Å². The lowest BCUT2D eigenvalue weighted by atomic mass is 10.2. The van der Waals surface area contributed by atoms with Crippen molar-refractivity contribution in [3.63, 3.8) is 0 Å². The number of methoxy groups -OCH3 is 1. The number of furan rings is 1. The Hall–Kier alpha value is -2.57. The molecule has 22 heavy (non-hydrogen) atoms. The number of aromatic nitrogens is 2. The zero-order valence-corrected chi connectivity index (χ0v) is 12.6. The second-order valence-electron chi connectivity index (χ2n) is 4.91. The Morgan fingerprint density at radius 1 is 1.32 bits per heavy atom. The van der Waals surface area contributed by atoms with Crippen molar-refractivity contribution in [3.8, 4) is 11.5 Å². The fraction of sp³-hybridized carbons (Fsp3) is 0.400. The predicted octanol–water partition coefficient (Wildman–Crippen LogP) is 2.65. The number of hydrogen-bond acceptors (Lipinski definition) is 5. The molecule has 7 heteroatoms. The summed E-state index contributed by atoms with van der Waals surface area (Å²) >= 11 is 0. The molecule has 2 rings (SSSR count). The molecule has 0 atom stereocenters. The van der Waals surface area contributed by atoms with Crippen molar-refractivity contribution in [1.29, 1.82) is 0 Å². The van der Waals surface area contributed by atoms with Gasteiger partial charge in [-0.05, 0) is 31.9 Å². The van der Waals surface area contributed by atoms with Crippen molar-refractivity contribution in [2.75, 3.05) is 12.4 Å². The van der Waals surface area contributed by atoms with Crippen molar-refractivity contribution in [2.45, 2.75) is 32.6 Å². The van der Waals surface area contributed by atoms with E-state index in [0.717, 1.165) is 5.76 Å². The minimum absolute atomic E-state index is 0.140. The third-order valence-corrected chi connectivity index (χ3v) is 3.11. The summed E-state index contributed by atoms with van der Waals surface area (Å²) in [5, 5.41) is 9.53. The van der Waals surface area contributed by atoms with Crippen LogP contribution in [0.25, 0.3) is 11.5 Å². The van der Waals surface area contributed by atoms with E-state index in [4.69, 9.17) is 4.42 Å². The topological polar surface area (TPSA) is 97.2 Å². The number of aryl methyl sites for hydroxylation is 1. The van der Waals surface area contributed by atoms with E-state index < -0.39 is 0 Å². The third-order valence-electron chi connectivity index (χ3n) is 3.11. The quantitative estimate of drug-likeness (QED) is 0.605. The summed E-state index contributed by atoms with van der Waals surface area (Å²) in [7, 11) is 1.35. The van der Waals surface area contributed by atoms with Crippen LogP contribution < -0.4 is 5.32 Å². The first-order chi connectivity index (χ1) is 10.6. The van der Waals surface area contributed by atoms with Crippen molar-refractivity contribution >= 4 is 17.7 Å². The van der Waals surface area contributed by atoms with E-state index in [1.807, 2.05) is 19.1 Å². The van der Waals surface area contributed by atoms with E-state index in [1.165, 1.54) is 7.11 Å². The number of H-pyrrole nitrogens is 1. The summed E-state index contributed by atoms with van der Waals surface area (Å²) < 4.78 is 10.0. The second kappa shape index (κ2) is 7.44. The molecule has 2 heterocycles. The average molecular weight is 305 g/mol. The summed E-state index contributed by atoms with van der Waals surface area (Å²) in [5.74, 6) is 1.52. The van der Waals surface area contributed by atoms with Crippen molar-refractivity contribution < 1.29 is 18.7 Å². The van der Waals surface area contributed by atoms with Gasteiger partial charge in [-0.15, -0.1) is 0 Å². The number of nitrogens with one attached hydrogen (secondary N) is 2. The Morgan fingerprint density at radius 2 is 2.09 bits per heavy atom. The monoisotopic (exact) mass is 305 g/mol. The fourth-order valence-electron chi connectivity index (χ4n) is 1.95. The molecule has 0 bridgehead atoms. The molecule has 0 saturated heterocycles. The second-order valence-corrected chi connectivity index (χ2v) is 4.91. The van der Waals surface area contributed by atoms with Crippen LogP contribution in [0.5, 0.6) is 0 Å². The highest BCUT2D eigenvalue weighted by Crippen LogP contribution is 2.22. The first kappa shape index (κ1) is 15.8. The first-order valence-corrected chi connectivity index (χ1v) is 7.07. The Bertz CT molecular complexity index is 645. The van der Waals surface area contributed by atoms with Crippen molar-refractivity contribution in [2.24, 2.45) is 0 Å². The molecule has 0 aliphatic heterocycles. The van der Waals surface area contributed by atoms with Crippen molar-refractivity contribution in [1.82, 2.24) is 10.2 Å². The Morgan fingerprint density at radius 3 is 2.77 bits per heavy atom. The van der Waals surface area contributed by atoms with Gasteiger partial charge in [-0.1, -0.05) is 0 Å². The third kappa shape index (κ3) is 4.47. The molecule has 1 amide bonds. The van der Waals surface area contributed by atoms with Gasteiger partial charge in [-0.25, -0.2) is 0 Å². The van der Waals surface area contributed by atoms with Gasteiger partial charge in [0, 0.05) is 18.9 Å². The van der Waals surface area contributed by atoms with Gasteiger partial charge in [0.1, 0.15) is 11.5 Å². The highest BCUT2D eigenvalue weighted by Gasteiger charge is 2.10. The number of hydrogen-bond donors (Lipinski definition) is 2. The Balaban J connectivity index is 1.78. The smallest absolute Gasteiger partial charge is 0.305 e. The molecule has 0 aliphatic carbocycles. The Kier molecular flexibility index (Phi) is 5.35. The SMILES string of the molecule is COC(=O)CCCCC(=O)Nc1cc(-c2ccc(C)o2)[nH]n1. The standard InChI is InChI=1S/C15H19N3O4/c1-10-7-8-12(22-10)11-9-13(18-17-11)16-14(19)5-3-4-6-15(20)21-2/h7-9H,3-6H2,1-2H3,(H2,16,17,18,19). The minimum atomic E-state index is -0.258. The van der Waals surface area contributed by atoms with Gasteiger partial charge in [0.05, 0.1) is 7.11 Å². The Labute approximate surface area is 128 Å². The van der Waals surface area contributed by atoms with Gasteiger partial charge >= 0.3 is 5.97 Å². The highest BCUT2D eigenvalue weighted by atomic mass is 16.5. The molecule has 2 aromatic heterocycles. The van der Waals surface area contributed by atoms with E-state index in [9.17, 15) is 9.59 Å². The lowest BCUT2D eigenvalue weighted by Crippen LogP contribution is -2.11. The zero-order chi connectivity index (χ0) is 15.9. The number of ether oxygens (including phenoxy) is 1. The molecule has 0 unspecified atom stereocenters. The molecule has 0 aromatic carbocycles. The number of carbonyl (C=O) groups is 2. The van der Waals surface area contributed by atoms with Crippen LogP contribution >= 0.6 is 0 Å². The number of carbonyl (C=O) groups excluding carboxylic acids is 2. The zero-order valence-electron chi connectivity index (χ0n) is 12.6. The van der Waals surface area contributed by atoms with E-state index in [2.05, 4.69) is 20.3 Å². The number of anilines is 1. The van der Waals surface area contributed by atoms with Gasteiger partial charge in [0.15, 0.2) is 11.6 Å². The summed E-state index contributed by atoms with van der Waals surface area (Å²) in [4.78, 5) is 22.7. The van der Waals surface area contributed by atoms with Crippen LogP contribution in [-0.2, 0) is 14.3 Å². The van der Waals surface area contributed by atoms with Crippen LogP contribution in [0, 0.1) is 6.92 Å². The summed E-state index contributed by atoms with van der Waals surface area (Å²) in [6, 6.07) is 5.40. The molecule has 0 radical (unpaired) electrons. The summed E-state index contributed by atoms with van der Waals surface area (Å²) in [6.07, 6.45) is 1.90. The molecule has 2 aromatic rings. The van der Waals surface area contributed by atoms with Gasteiger partial charge in [-0.3, -0.25) is 14.7 Å². The maximum Gasteiger partial charge on any atom is 0.305 e. The van der Waals surface area contributed by atoms with Crippen LogP contribution in [-0.4, -0.2) is 29.2 Å². The molecular weight excluding hydrogens is 286 g/mol. The predicted molar refractivity (Wildman–Crippen MR) is 80.1 cm³/mol. The number of esters is 1. The largest absolute Gasteiger partial charge is 0.469 e. The van der Waals surface area contributed by atoms with Crippen LogP contribution in [0.1, 0.15) is 31.4 Å². The molecule has 0 fully saturated rings. The van der Waals surface area contributed by atoms with E-state index in [-0.39, 0.29) is 11.9 Å². The fourth-order valence-corrected chi connectivity index (χ4v) is 1.95. The van der Waals surface area contributed by atoms with Crippen LogP contribution in [0.2, 0.25) is 0 Å². The summed E-state index contributed by atoms with van der Waals surface area (Å²) in [6.45, 7) is 1.86. The van der Waals surface area contributed by atoms with E-state index >= 15 is 0 Å². The molecule has 7 nitrogen and oxygen atoms in total. The lowest BCUT2D eigenvalue weighted by molar-refractivity contribution is -0.140. The number of aromatic amines is 1. The maximum atomic E-state index is 11.8. The molecule has 0 spiro atoms. The first-order valence-electron chi connectivity index (χ1n) is 7.07. The minimum Gasteiger partial charge on any atom is -0.469 e. The normalized spacial score (nSPS) is 10.5. The summed E-state index contributed by atoms with van der Waals surface area (Å²) in [5.41, 5.74) is 0.703. The maximum absolute atomic E-state index is 11.8. The van der Waals surface area contributed by atoms with Gasteiger partial charge in [-0.2, -0.15) is 5.10 Å². The van der Waals surface area contributed by atoms with Crippen LogP contribution in [0.4, 0.5) is 5.82 Å². The number of unbranched alkanes of at least 4 members (excludes halogenated alkanes) is 1. The lowest BCUT2D eigenvalue weighted by Gasteiger charge is -2.01. The van der Waals surface area contributed by atoms with Gasteiger partial charge < -0.3 is 14.5 Å². The molecular formula is C15H19N3O4. The number of rotatable bonds is 7. The van der Waals surface area contributed by atoms with E-state index in [1.54, 1.807) is 6.07 Å². The van der Waals surface area contributed by atoms with Crippen LogP contribution in [0.15, 0.2) is 22.6 Å². The van der Waals surface area contributed by atoms with Crippen LogP contribution in [0.3, 0.4) is 0 Å². The number of amides is 1. The molecule has 0 saturated carbocycles. The molecule has 118 valence electrons. The highest BCUT2D eigenvalue weighted by molar-refractivity contribution is 5.90. The molecule has 0 aliphatic rings. The molecule has 2 N–H and O–H groups in total. The average Bonchev–Trinajstić information content (AvgIpc) is 3.12. The van der Waals surface area contributed by atoms with E-state index in [0.29, 0.717) is 43.0 Å². The van der Waals surface area contributed by atoms with Crippen molar-refractivity contribution in [3.05, 3.63) is 24.0 Å².